The summed E-state index contributed by atoms with van der Waals surface area (Å²) in [7, 11) is -3.18. The molecule has 0 spiro atoms. The van der Waals surface area contributed by atoms with Crippen LogP contribution in [0.15, 0.2) is 24.3 Å². The Morgan fingerprint density at radius 1 is 1.15 bits per heavy atom. The van der Waals surface area contributed by atoms with Gasteiger partial charge in [-0.25, -0.2) is 12.7 Å². The third kappa shape index (κ3) is 5.00. The summed E-state index contributed by atoms with van der Waals surface area (Å²) in [6.45, 7) is 5.70. The number of nitrogens with zero attached hydrogens (tertiary/aromatic N) is 2. The lowest BCUT2D eigenvalue weighted by molar-refractivity contribution is -0.120. The number of hydrogen-bond donors (Lipinski definition) is 1. The fourth-order valence-corrected chi connectivity index (χ4v) is 5.22. The van der Waals surface area contributed by atoms with Gasteiger partial charge in [-0.1, -0.05) is 19.1 Å². The van der Waals surface area contributed by atoms with Gasteiger partial charge in [-0.15, -0.1) is 0 Å². The molecule has 0 aromatic heterocycles. The van der Waals surface area contributed by atoms with Crippen LogP contribution in [0.1, 0.15) is 26.2 Å². The fourth-order valence-electron chi connectivity index (χ4n) is 3.68. The van der Waals surface area contributed by atoms with E-state index in [0.717, 1.165) is 24.5 Å². The number of carbonyl (C=O) groups is 1. The summed E-state index contributed by atoms with van der Waals surface area (Å²) in [5.41, 5.74) is 1.82. The normalized spacial score (nSPS) is 19.8. The molecule has 1 amide bonds. The molecule has 1 aromatic rings. The first-order chi connectivity index (χ1) is 13.0. The molecule has 0 unspecified atom stereocenters. The highest BCUT2D eigenvalue weighted by Gasteiger charge is 2.31. The second kappa shape index (κ2) is 9.03. The van der Waals surface area contributed by atoms with Crippen molar-refractivity contribution in [2.75, 3.05) is 55.4 Å². The number of amides is 1. The van der Waals surface area contributed by atoms with Crippen molar-refractivity contribution in [3.63, 3.8) is 0 Å². The standard InChI is InChI=1S/C19H29N3O4S/c1-2-15-27(24,25)22-9-7-16(8-10-22)19(23)20-17-5-3-4-6-18(17)21-11-13-26-14-12-21/h3-6,16H,2,7-15H2,1H3,(H,20,23). The van der Waals surface area contributed by atoms with Gasteiger partial charge in [0.15, 0.2) is 0 Å². The second-order valence-corrected chi connectivity index (χ2v) is 9.18. The highest BCUT2D eigenvalue weighted by molar-refractivity contribution is 7.89. The van der Waals surface area contributed by atoms with Crippen LogP contribution in [0.4, 0.5) is 11.4 Å². The molecule has 2 aliphatic heterocycles. The lowest BCUT2D eigenvalue weighted by atomic mass is 9.97. The number of para-hydroxylation sites is 2. The molecule has 2 saturated heterocycles. The number of piperidine rings is 1. The van der Waals surface area contributed by atoms with Crippen LogP contribution in [0.2, 0.25) is 0 Å². The molecule has 27 heavy (non-hydrogen) atoms. The van der Waals surface area contributed by atoms with Crippen molar-refractivity contribution in [2.24, 2.45) is 5.92 Å². The minimum Gasteiger partial charge on any atom is -0.378 e. The zero-order valence-electron chi connectivity index (χ0n) is 15.9. The van der Waals surface area contributed by atoms with Crippen LogP contribution in [-0.4, -0.2) is 63.8 Å². The van der Waals surface area contributed by atoms with Gasteiger partial charge in [0, 0.05) is 32.1 Å². The first-order valence-electron chi connectivity index (χ1n) is 9.71. The van der Waals surface area contributed by atoms with Gasteiger partial charge in [-0.3, -0.25) is 4.79 Å². The first kappa shape index (κ1) is 20.1. The molecule has 2 heterocycles. The third-order valence-corrected chi connectivity index (χ3v) is 7.27. The Kier molecular flexibility index (Phi) is 6.73. The van der Waals surface area contributed by atoms with Crippen LogP contribution in [0.25, 0.3) is 0 Å². The molecule has 0 saturated carbocycles. The molecule has 1 aromatic carbocycles. The van der Waals surface area contributed by atoms with E-state index in [2.05, 4.69) is 10.2 Å². The van der Waals surface area contributed by atoms with Gasteiger partial charge in [0.25, 0.3) is 0 Å². The number of morpholine rings is 1. The Morgan fingerprint density at radius 3 is 2.48 bits per heavy atom. The number of ether oxygens (including phenoxy) is 1. The monoisotopic (exact) mass is 395 g/mol. The van der Waals surface area contributed by atoms with E-state index in [0.29, 0.717) is 45.6 Å². The van der Waals surface area contributed by atoms with Crippen molar-refractivity contribution in [1.82, 2.24) is 4.31 Å². The number of benzene rings is 1. The molecule has 2 fully saturated rings. The summed E-state index contributed by atoms with van der Waals surface area (Å²) in [5, 5.41) is 3.07. The van der Waals surface area contributed by atoms with Gasteiger partial charge in [-0.05, 0) is 31.4 Å². The van der Waals surface area contributed by atoms with Crippen LogP contribution < -0.4 is 10.2 Å². The number of carbonyl (C=O) groups excluding carboxylic acids is 1. The zero-order chi connectivity index (χ0) is 19.3. The van der Waals surface area contributed by atoms with Crippen molar-refractivity contribution in [3.05, 3.63) is 24.3 Å². The Morgan fingerprint density at radius 2 is 1.81 bits per heavy atom. The van der Waals surface area contributed by atoms with Crippen LogP contribution in [-0.2, 0) is 19.6 Å². The highest BCUT2D eigenvalue weighted by atomic mass is 32.2. The third-order valence-electron chi connectivity index (χ3n) is 5.19. The lowest BCUT2D eigenvalue weighted by Gasteiger charge is -2.32. The molecule has 0 bridgehead atoms. The van der Waals surface area contributed by atoms with Gasteiger partial charge in [0.05, 0.1) is 30.3 Å². The van der Waals surface area contributed by atoms with Crippen molar-refractivity contribution in [1.29, 1.82) is 0 Å². The predicted octanol–water partition coefficient (Wildman–Crippen LogP) is 1.91. The second-order valence-electron chi connectivity index (χ2n) is 7.10. The lowest BCUT2D eigenvalue weighted by Crippen LogP contribution is -2.42. The largest absolute Gasteiger partial charge is 0.378 e. The van der Waals surface area contributed by atoms with E-state index in [4.69, 9.17) is 4.74 Å². The number of hydrogen-bond acceptors (Lipinski definition) is 5. The molecule has 150 valence electrons. The Labute approximate surface area is 161 Å². The van der Waals surface area contributed by atoms with Gasteiger partial charge in [0.2, 0.25) is 15.9 Å². The minimum absolute atomic E-state index is 0.0248. The molecule has 2 aliphatic rings. The minimum atomic E-state index is -3.18. The molecular formula is C19H29N3O4S. The summed E-state index contributed by atoms with van der Waals surface area (Å²) in [5.74, 6) is -0.00405. The van der Waals surface area contributed by atoms with Crippen LogP contribution in [0, 0.1) is 5.92 Å². The smallest absolute Gasteiger partial charge is 0.227 e. The Bertz CT molecular complexity index is 739. The van der Waals surface area contributed by atoms with E-state index in [9.17, 15) is 13.2 Å². The molecule has 1 N–H and O–H groups in total. The molecule has 7 nitrogen and oxygen atoms in total. The Hall–Kier alpha value is -1.64. The zero-order valence-corrected chi connectivity index (χ0v) is 16.7. The van der Waals surface area contributed by atoms with Crippen molar-refractivity contribution < 1.29 is 17.9 Å². The molecule has 8 heteroatoms. The van der Waals surface area contributed by atoms with E-state index < -0.39 is 10.0 Å². The maximum absolute atomic E-state index is 12.8. The maximum Gasteiger partial charge on any atom is 0.227 e. The number of sulfonamides is 1. The highest BCUT2D eigenvalue weighted by Crippen LogP contribution is 2.28. The molecule has 0 atom stereocenters. The van der Waals surface area contributed by atoms with E-state index >= 15 is 0 Å². The van der Waals surface area contributed by atoms with E-state index in [-0.39, 0.29) is 17.6 Å². The quantitative estimate of drug-likeness (QED) is 0.796. The van der Waals surface area contributed by atoms with Gasteiger partial charge in [0.1, 0.15) is 0 Å². The molecular weight excluding hydrogens is 366 g/mol. The van der Waals surface area contributed by atoms with Crippen LogP contribution >= 0.6 is 0 Å². The summed E-state index contributed by atoms with van der Waals surface area (Å²) in [4.78, 5) is 15.0. The predicted molar refractivity (Wildman–Crippen MR) is 106 cm³/mol. The average Bonchev–Trinajstić information content (AvgIpc) is 2.69. The Balaban J connectivity index is 1.60. The van der Waals surface area contributed by atoms with E-state index in [1.165, 1.54) is 4.31 Å². The average molecular weight is 396 g/mol. The first-order valence-corrected chi connectivity index (χ1v) is 11.3. The molecule has 0 aliphatic carbocycles. The number of anilines is 2. The van der Waals surface area contributed by atoms with E-state index in [1.807, 2.05) is 31.2 Å². The summed E-state index contributed by atoms with van der Waals surface area (Å²) in [6, 6.07) is 7.82. The number of nitrogens with one attached hydrogen (secondary N) is 1. The van der Waals surface area contributed by atoms with Gasteiger partial charge < -0.3 is 15.0 Å². The molecule has 3 rings (SSSR count). The summed E-state index contributed by atoms with van der Waals surface area (Å²) >= 11 is 0. The van der Waals surface area contributed by atoms with Gasteiger partial charge in [-0.2, -0.15) is 0 Å². The van der Waals surface area contributed by atoms with Crippen molar-refractivity contribution in [3.8, 4) is 0 Å². The fraction of sp³-hybridized carbons (Fsp3) is 0.632. The van der Waals surface area contributed by atoms with Crippen molar-refractivity contribution in [2.45, 2.75) is 26.2 Å². The topological polar surface area (TPSA) is 79.0 Å². The summed E-state index contributed by atoms with van der Waals surface area (Å²) < 4.78 is 31.3. The molecule has 0 radical (unpaired) electrons. The SMILES string of the molecule is CCCS(=O)(=O)N1CCC(C(=O)Nc2ccccc2N2CCOCC2)CC1. The van der Waals surface area contributed by atoms with Crippen LogP contribution in [0.5, 0.6) is 0 Å². The van der Waals surface area contributed by atoms with Crippen LogP contribution in [0.3, 0.4) is 0 Å². The van der Waals surface area contributed by atoms with Gasteiger partial charge >= 0.3 is 0 Å². The maximum atomic E-state index is 12.8. The van der Waals surface area contributed by atoms with Crippen molar-refractivity contribution >= 4 is 27.3 Å². The number of rotatable bonds is 6. The van der Waals surface area contributed by atoms with E-state index in [1.54, 1.807) is 0 Å². The summed E-state index contributed by atoms with van der Waals surface area (Å²) in [6.07, 6.45) is 1.74.